The van der Waals surface area contributed by atoms with Crippen LogP contribution in [0.4, 0.5) is 0 Å². The van der Waals surface area contributed by atoms with Crippen LogP contribution in [0.3, 0.4) is 0 Å². The molecule has 1 aromatic carbocycles. The zero-order chi connectivity index (χ0) is 15.9. The molecule has 1 N–H and O–H groups in total. The lowest BCUT2D eigenvalue weighted by molar-refractivity contribution is -0.124. The molecule has 1 aliphatic carbocycles. The summed E-state index contributed by atoms with van der Waals surface area (Å²) in [5.41, 5.74) is 0.323. The Balaban J connectivity index is 1.90. The maximum atomic E-state index is 12.0. The average molecular weight is 305 g/mol. The molecule has 0 heterocycles. The molecule has 22 heavy (non-hydrogen) atoms. The van der Waals surface area contributed by atoms with E-state index in [1.54, 1.807) is 24.3 Å². The molecule has 0 bridgehead atoms. The van der Waals surface area contributed by atoms with Crippen LogP contribution in [0.2, 0.25) is 0 Å². The zero-order valence-corrected chi connectivity index (χ0v) is 13.1. The number of rotatable bonds is 5. The van der Waals surface area contributed by atoms with Crippen LogP contribution in [0.25, 0.3) is 0 Å². The molecule has 120 valence electrons. The molecule has 0 radical (unpaired) electrons. The normalized spacial score (nSPS) is 21.0. The highest BCUT2D eigenvalue weighted by molar-refractivity contribution is 5.92. The van der Waals surface area contributed by atoms with Crippen LogP contribution >= 0.6 is 0 Å². The third kappa shape index (κ3) is 4.23. The third-order valence-electron chi connectivity index (χ3n) is 4.11. The molecule has 0 spiro atoms. The summed E-state index contributed by atoms with van der Waals surface area (Å²) in [5.74, 6) is 0.233. The molecule has 2 atom stereocenters. The van der Waals surface area contributed by atoms with E-state index < -0.39 is 5.97 Å². The second-order valence-corrected chi connectivity index (χ2v) is 5.71. The van der Waals surface area contributed by atoms with Crippen molar-refractivity contribution in [1.29, 1.82) is 0 Å². The maximum Gasteiger partial charge on any atom is 0.341 e. The molecule has 1 amide bonds. The molecule has 1 fully saturated rings. The molecular formula is C17H23NO4. The quantitative estimate of drug-likeness (QED) is 0.849. The summed E-state index contributed by atoms with van der Waals surface area (Å²) in [6.07, 6.45) is 4.56. The van der Waals surface area contributed by atoms with Crippen molar-refractivity contribution in [2.75, 3.05) is 13.7 Å². The lowest BCUT2D eigenvalue weighted by atomic mass is 9.86. The van der Waals surface area contributed by atoms with Crippen LogP contribution in [0, 0.1) is 5.92 Å². The van der Waals surface area contributed by atoms with E-state index in [1.807, 2.05) is 0 Å². The fraction of sp³-hybridized carbons (Fsp3) is 0.529. The number of hydrogen-bond donors (Lipinski definition) is 1. The maximum absolute atomic E-state index is 12.0. The number of benzene rings is 1. The van der Waals surface area contributed by atoms with E-state index in [0.717, 1.165) is 19.3 Å². The summed E-state index contributed by atoms with van der Waals surface area (Å²) in [7, 11) is 1.32. The Labute approximate surface area is 131 Å². The van der Waals surface area contributed by atoms with Crippen molar-refractivity contribution in [3.05, 3.63) is 29.8 Å². The molecule has 0 aromatic heterocycles. The second kappa shape index (κ2) is 7.82. The van der Waals surface area contributed by atoms with Gasteiger partial charge in [0.15, 0.2) is 6.61 Å². The highest BCUT2D eigenvalue weighted by atomic mass is 16.5. The Hall–Kier alpha value is -2.04. The van der Waals surface area contributed by atoms with Gasteiger partial charge in [0, 0.05) is 6.04 Å². The monoisotopic (exact) mass is 305 g/mol. The van der Waals surface area contributed by atoms with Gasteiger partial charge in [0.05, 0.1) is 7.11 Å². The van der Waals surface area contributed by atoms with Gasteiger partial charge in [-0.3, -0.25) is 4.79 Å². The molecule has 5 heteroatoms. The van der Waals surface area contributed by atoms with E-state index >= 15 is 0 Å². The molecular weight excluding hydrogens is 282 g/mol. The van der Waals surface area contributed by atoms with Gasteiger partial charge in [0.25, 0.3) is 5.91 Å². The highest BCUT2D eigenvalue weighted by Crippen LogP contribution is 2.23. The number of nitrogens with one attached hydrogen (secondary N) is 1. The lowest BCUT2D eigenvalue weighted by Gasteiger charge is -2.29. The van der Waals surface area contributed by atoms with E-state index in [9.17, 15) is 9.59 Å². The first kappa shape index (κ1) is 16.3. The summed E-state index contributed by atoms with van der Waals surface area (Å²) in [4.78, 5) is 23.7. The number of ether oxygens (including phenoxy) is 2. The fourth-order valence-corrected chi connectivity index (χ4v) is 2.79. The third-order valence-corrected chi connectivity index (χ3v) is 4.11. The Kier molecular flexibility index (Phi) is 5.81. The molecule has 1 saturated carbocycles. The standard InChI is InChI=1S/C17H23NO4/c1-12-7-3-5-9-14(12)18-16(19)11-22-15-10-6-4-8-13(15)17(20)21-2/h4,6,8,10,12,14H,3,5,7,9,11H2,1-2H3,(H,18,19)/t12-,14-/m0/s1. The number of carbonyl (C=O) groups excluding carboxylic acids is 2. The Morgan fingerprint density at radius 2 is 1.95 bits per heavy atom. The van der Waals surface area contributed by atoms with Gasteiger partial charge in [-0.25, -0.2) is 4.79 Å². The van der Waals surface area contributed by atoms with Crippen LogP contribution in [-0.4, -0.2) is 31.6 Å². The SMILES string of the molecule is COC(=O)c1ccccc1OCC(=O)N[C@H]1CCCC[C@@H]1C. The second-order valence-electron chi connectivity index (χ2n) is 5.71. The van der Waals surface area contributed by atoms with Gasteiger partial charge in [-0.15, -0.1) is 0 Å². The van der Waals surface area contributed by atoms with Crippen LogP contribution < -0.4 is 10.1 Å². The largest absolute Gasteiger partial charge is 0.483 e. The van der Waals surface area contributed by atoms with Crippen LogP contribution in [0.15, 0.2) is 24.3 Å². The van der Waals surface area contributed by atoms with E-state index in [4.69, 9.17) is 9.47 Å². The van der Waals surface area contributed by atoms with E-state index in [-0.39, 0.29) is 18.6 Å². The van der Waals surface area contributed by atoms with Gasteiger partial charge < -0.3 is 14.8 Å². The number of esters is 1. The Morgan fingerprint density at radius 3 is 2.68 bits per heavy atom. The molecule has 0 aliphatic heterocycles. The van der Waals surface area contributed by atoms with Gasteiger partial charge in [-0.2, -0.15) is 0 Å². The Bertz CT molecular complexity index is 529. The van der Waals surface area contributed by atoms with Gasteiger partial charge in [-0.1, -0.05) is 31.9 Å². The summed E-state index contributed by atoms with van der Waals surface area (Å²) < 4.78 is 10.2. The van der Waals surface area contributed by atoms with Crippen molar-refractivity contribution in [3.8, 4) is 5.75 Å². The number of amides is 1. The molecule has 0 unspecified atom stereocenters. The molecule has 1 aliphatic rings. The number of para-hydroxylation sites is 1. The smallest absolute Gasteiger partial charge is 0.341 e. The van der Waals surface area contributed by atoms with E-state index in [2.05, 4.69) is 12.2 Å². The predicted molar refractivity (Wildman–Crippen MR) is 82.8 cm³/mol. The van der Waals surface area contributed by atoms with Crippen molar-refractivity contribution in [1.82, 2.24) is 5.32 Å². The minimum atomic E-state index is -0.475. The van der Waals surface area contributed by atoms with E-state index in [0.29, 0.717) is 17.2 Å². The molecule has 2 rings (SSSR count). The lowest BCUT2D eigenvalue weighted by Crippen LogP contribution is -2.43. The van der Waals surface area contributed by atoms with Gasteiger partial charge in [0.2, 0.25) is 0 Å². The summed E-state index contributed by atoms with van der Waals surface area (Å²) in [6.45, 7) is 2.06. The molecule has 1 aromatic rings. The van der Waals surface area contributed by atoms with Crippen LogP contribution in [-0.2, 0) is 9.53 Å². The van der Waals surface area contributed by atoms with Gasteiger partial charge in [0.1, 0.15) is 11.3 Å². The summed E-state index contributed by atoms with van der Waals surface area (Å²) >= 11 is 0. The van der Waals surface area contributed by atoms with Crippen molar-refractivity contribution < 1.29 is 19.1 Å². The van der Waals surface area contributed by atoms with Crippen LogP contribution in [0.5, 0.6) is 5.75 Å². The highest BCUT2D eigenvalue weighted by Gasteiger charge is 2.23. The number of methoxy groups -OCH3 is 1. The fourth-order valence-electron chi connectivity index (χ4n) is 2.79. The van der Waals surface area contributed by atoms with Crippen molar-refractivity contribution in [2.45, 2.75) is 38.6 Å². The minimum Gasteiger partial charge on any atom is -0.483 e. The predicted octanol–water partition coefficient (Wildman–Crippen LogP) is 2.55. The zero-order valence-electron chi connectivity index (χ0n) is 13.1. The van der Waals surface area contributed by atoms with Crippen molar-refractivity contribution in [3.63, 3.8) is 0 Å². The summed E-state index contributed by atoms with van der Waals surface area (Å²) in [5, 5.41) is 3.02. The number of hydrogen-bond acceptors (Lipinski definition) is 4. The molecule has 0 saturated heterocycles. The average Bonchev–Trinajstić information content (AvgIpc) is 2.54. The first-order valence-electron chi connectivity index (χ1n) is 7.71. The van der Waals surface area contributed by atoms with Crippen molar-refractivity contribution >= 4 is 11.9 Å². The van der Waals surface area contributed by atoms with Gasteiger partial charge >= 0.3 is 5.97 Å². The van der Waals surface area contributed by atoms with Gasteiger partial charge in [-0.05, 0) is 30.9 Å². The summed E-state index contributed by atoms with van der Waals surface area (Å²) in [6, 6.07) is 6.97. The van der Waals surface area contributed by atoms with E-state index in [1.165, 1.54) is 13.5 Å². The number of carbonyl (C=O) groups is 2. The topological polar surface area (TPSA) is 64.6 Å². The van der Waals surface area contributed by atoms with Crippen molar-refractivity contribution in [2.24, 2.45) is 5.92 Å². The first-order chi connectivity index (χ1) is 10.6. The molecule has 5 nitrogen and oxygen atoms in total. The Morgan fingerprint density at radius 1 is 1.23 bits per heavy atom. The minimum absolute atomic E-state index is 0.1000. The first-order valence-corrected chi connectivity index (χ1v) is 7.71. The van der Waals surface area contributed by atoms with Crippen LogP contribution in [0.1, 0.15) is 43.0 Å².